The Balaban J connectivity index is 0. The largest absolute Gasteiger partial charge is 2.00 e. The topological polar surface area (TPSA) is 0 Å². The van der Waals surface area contributed by atoms with Crippen molar-refractivity contribution in [1.82, 2.24) is 0 Å². The summed E-state index contributed by atoms with van der Waals surface area (Å²) >= 11 is 0. The van der Waals surface area contributed by atoms with Gasteiger partial charge < -0.3 is 74.9 Å². The van der Waals surface area contributed by atoms with Crippen LogP contribution in [0.3, 0.4) is 0 Å². The van der Waals surface area contributed by atoms with Crippen molar-refractivity contribution in [2.75, 3.05) is 0 Å². The van der Waals surface area contributed by atoms with Gasteiger partial charge in [-0.2, -0.15) is 0 Å². The summed E-state index contributed by atoms with van der Waals surface area (Å²) in [6.45, 7) is 0. The minimum Gasteiger partial charge on any atom is -0.813 e. The van der Waals surface area contributed by atoms with Crippen LogP contribution >= 0.6 is 0 Å². The second-order valence-corrected chi connectivity index (χ2v) is 0. The van der Waals surface area contributed by atoms with E-state index in [0.29, 0.717) is 0 Å². The van der Waals surface area contributed by atoms with E-state index in [9.17, 15) is 0 Å². The maximum absolute atomic E-state index is 0. The standard InChI is InChI=1S/CH3.7Fe.8H2S.V/h1H3;;;;;;;;8*1H2;/q-1;;;;;;;+2;;;;;;;;;/p-2. The van der Waals surface area contributed by atoms with Crippen molar-refractivity contribution in [3.05, 3.63) is 7.43 Å². The molecule has 0 nitrogen and oxygen atoms in total. The van der Waals surface area contributed by atoms with Crippen LogP contribution in [0.2, 0.25) is 0 Å². The van der Waals surface area contributed by atoms with E-state index in [-0.39, 0.29) is 253 Å². The van der Waals surface area contributed by atoms with E-state index < -0.39 is 0 Å². The SMILES string of the molecule is [CH3-].[Fe+2].[Fe].[Fe].[Fe].[Fe].[Fe].[Fe].[SH-].[SH-].[SH-].[SH-].[SH-].[SH3+].[SH3+].[SH3+].[V]. The molecule has 17 heavy (non-hydrogen) atoms. The molecular weight excluding hydrogens is 710 g/mol. The summed E-state index contributed by atoms with van der Waals surface area (Å²) in [5.41, 5.74) is 0. The average molecular weight is 728 g/mol. The molecule has 0 N–H and O–H groups in total. The zero-order valence-corrected chi connectivity index (χ0v) is 25.0. The number of hydrogen-bond donors (Lipinski definition) is 0. The maximum atomic E-state index is 0. The molecule has 16 heteroatoms. The fourth-order valence-corrected chi connectivity index (χ4v) is 0. The van der Waals surface area contributed by atoms with Crippen LogP contribution in [0.5, 0.6) is 0 Å². The van der Waals surface area contributed by atoms with Gasteiger partial charge in [0.05, 0.1) is 0 Å². The molecule has 0 fully saturated rings. The van der Waals surface area contributed by atoms with Gasteiger partial charge in [0, 0.05) is 121 Å². The summed E-state index contributed by atoms with van der Waals surface area (Å²) in [6, 6.07) is 0. The molecule has 0 aliphatic heterocycles. The molecule has 0 heterocycles. The van der Waals surface area contributed by atoms with Gasteiger partial charge in [0.1, 0.15) is 0 Å². The third-order valence-electron chi connectivity index (χ3n) is 0. The molecule has 0 atom stereocenters. The van der Waals surface area contributed by atoms with Crippen LogP contribution in [0, 0.1) is 7.43 Å². The minimum absolute atomic E-state index is 0. The van der Waals surface area contributed by atoms with E-state index in [1.165, 1.54) is 0 Å². The zero-order valence-electron chi connectivity index (χ0n) is 7.89. The molecule has 1 radical (unpaired) electrons. The van der Waals surface area contributed by atoms with E-state index in [1.807, 2.05) is 0 Å². The molecule has 0 bridgehead atoms. The van der Waals surface area contributed by atoms with Crippen molar-refractivity contribution >= 4 is 108 Å². The summed E-state index contributed by atoms with van der Waals surface area (Å²) in [6.07, 6.45) is 0. The molecule has 0 amide bonds. The Bertz CT molecular complexity index is 25.8. The van der Waals surface area contributed by atoms with Crippen molar-refractivity contribution in [2.24, 2.45) is 0 Å². The number of rotatable bonds is 0. The Kier molecular flexibility index (Phi) is 3440. The average Bonchev–Trinajstić information content (AvgIpc) is 0. The molecule has 0 aliphatic rings. The zero-order chi connectivity index (χ0) is 0. The molecule has 0 saturated carbocycles. The van der Waals surface area contributed by atoms with Gasteiger partial charge in [-0.3, -0.25) is 0 Å². The Hall–Kier alpha value is 7.02. The predicted octanol–water partition coefficient (Wildman–Crippen LogP) is -3.34. The van der Waals surface area contributed by atoms with Crippen LogP contribution in [0.15, 0.2) is 0 Å². The van der Waals surface area contributed by atoms with Gasteiger partial charge in [0.15, 0.2) is 0 Å². The first-order valence-electron chi connectivity index (χ1n) is 0. The quantitative estimate of drug-likeness (QED) is 0.0841. The molecular formula is CH17Fe7S8V-. The van der Waals surface area contributed by atoms with E-state index in [1.54, 1.807) is 0 Å². The van der Waals surface area contributed by atoms with Crippen LogP contribution in [0.4, 0.5) is 0 Å². The third kappa shape index (κ3) is 206. The van der Waals surface area contributed by atoms with E-state index in [0.717, 1.165) is 0 Å². The van der Waals surface area contributed by atoms with Crippen molar-refractivity contribution in [1.29, 1.82) is 0 Å². The molecule has 0 rings (SSSR count). The van der Waals surface area contributed by atoms with Crippen molar-refractivity contribution < 1.29 is 138 Å². The molecule has 0 aliphatic carbocycles. The van der Waals surface area contributed by atoms with Gasteiger partial charge >= 0.3 is 17.1 Å². The monoisotopic (exact) mass is 727 g/mol. The van der Waals surface area contributed by atoms with E-state index in [4.69, 9.17) is 0 Å². The summed E-state index contributed by atoms with van der Waals surface area (Å²) < 4.78 is 0. The van der Waals surface area contributed by atoms with Gasteiger partial charge in [0.2, 0.25) is 0 Å². The predicted molar refractivity (Wildman–Crippen MR) is 84.9 cm³/mol. The van der Waals surface area contributed by atoms with Crippen molar-refractivity contribution in [3.8, 4) is 0 Å². The second-order valence-electron chi connectivity index (χ2n) is 0. The van der Waals surface area contributed by atoms with Crippen molar-refractivity contribution in [2.45, 2.75) is 0 Å². The smallest absolute Gasteiger partial charge is 0.813 e. The molecule has 0 spiro atoms. The van der Waals surface area contributed by atoms with Gasteiger partial charge in [-0.1, -0.05) is 40.5 Å². The fourth-order valence-electron chi connectivity index (χ4n) is 0. The number of hydrogen-bond acceptors (Lipinski definition) is 5. The van der Waals surface area contributed by atoms with Crippen LogP contribution in [0.25, 0.3) is 0 Å². The molecule has 0 aromatic rings. The first-order chi connectivity index (χ1) is 0. The fraction of sp³-hybridized carbons (Fsp3) is 0. The number of thiol groups is 5. The van der Waals surface area contributed by atoms with E-state index in [2.05, 4.69) is 0 Å². The first kappa shape index (κ1) is 258. The van der Waals surface area contributed by atoms with Gasteiger partial charge in [-0.25, -0.2) is 0 Å². The second kappa shape index (κ2) is 226. The summed E-state index contributed by atoms with van der Waals surface area (Å²) in [7, 11) is 0. The summed E-state index contributed by atoms with van der Waals surface area (Å²) in [4.78, 5) is 0. The summed E-state index contributed by atoms with van der Waals surface area (Å²) in [5, 5.41) is 0. The van der Waals surface area contributed by atoms with Gasteiger partial charge in [0.25, 0.3) is 0 Å². The van der Waals surface area contributed by atoms with Gasteiger partial charge in [-0.05, 0) is 0 Å². The molecule has 131 valence electrons. The van der Waals surface area contributed by atoms with E-state index >= 15 is 0 Å². The Morgan fingerprint density at radius 2 is 0.353 bits per heavy atom. The van der Waals surface area contributed by atoms with Crippen LogP contribution in [-0.4, -0.2) is 0 Å². The summed E-state index contributed by atoms with van der Waals surface area (Å²) in [5.74, 6) is 0. The molecule has 0 aromatic carbocycles. The van der Waals surface area contributed by atoms with Crippen LogP contribution in [-0.2, 0) is 246 Å². The molecule has 0 aromatic heterocycles. The molecule has 0 unspecified atom stereocenters. The Morgan fingerprint density at radius 1 is 0.353 bits per heavy atom. The van der Waals surface area contributed by atoms with Crippen LogP contribution < -0.4 is 0 Å². The third-order valence-corrected chi connectivity index (χ3v) is 0. The minimum atomic E-state index is 0. The maximum Gasteiger partial charge on any atom is 2.00 e. The molecule has 0 saturated heterocycles. The van der Waals surface area contributed by atoms with Gasteiger partial charge in [-0.15, -0.1) is 0 Å². The van der Waals surface area contributed by atoms with Crippen LogP contribution in [0.1, 0.15) is 0 Å². The first-order valence-corrected chi connectivity index (χ1v) is 0. The van der Waals surface area contributed by atoms with Crippen molar-refractivity contribution in [3.63, 3.8) is 0 Å². The normalized spacial score (nSPS) is 0. The Labute approximate surface area is 248 Å². The Morgan fingerprint density at radius 3 is 0.353 bits per heavy atom.